The zero-order chi connectivity index (χ0) is 19.5. The standard InChI is InChI=1S/C23H19N3O2/c1-24-22(27)20-4-2-3-16(13-20)15-26-12-9-19-14-18(5-6-21(19)23(26)28)17-7-10-25-11-8-17/h2-14H,15H2,1H3,(H,24,27). The Hall–Kier alpha value is -3.73. The second-order valence-corrected chi connectivity index (χ2v) is 6.57. The molecule has 2 aromatic carbocycles. The minimum atomic E-state index is -0.142. The van der Waals surface area contributed by atoms with Gasteiger partial charge in [0.15, 0.2) is 0 Å². The Kier molecular flexibility index (Phi) is 4.72. The van der Waals surface area contributed by atoms with Crippen LogP contribution in [0.3, 0.4) is 0 Å². The van der Waals surface area contributed by atoms with E-state index in [4.69, 9.17) is 0 Å². The molecule has 0 bridgehead atoms. The smallest absolute Gasteiger partial charge is 0.258 e. The molecule has 4 aromatic rings. The van der Waals surface area contributed by atoms with Gasteiger partial charge in [-0.15, -0.1) is 0 Å². The summed E-state index contributed by atoms with van der Waals surface area (Å²) in [6.45, 7) is 0.408. The van der Waals surface area contributed by atoms with Gasteiger partial charge < -0.3 is 9.88 Å². The third-order valence-corrected chi connectivity index (χ3v) is 4.76. The maximum absolute atomic E-state index is 12.9. The molecule has 0 atom stereocenters. The van der Waals surface area contributed by atoms with E-state index in [0.717, 1.165) is 22.1 Å². The fraction of sp³-hybridized carbons (Fsp3) is 0.0870. The molecule has 28 heavy (non-hydrogen) atoms. The van der Waals surface area contributed by atoms with Crippen molar-refractivity contribution in [3.8, 4) is 11.1 Å². The number of nitrogens with one attached hydrogen (secondary N) is 1. The monoisotopic (exact) mass is 369 g/mol. The van der Waals surface area contributed by atoms with Crippen LogP contribution in [0.15, 0.2) is 84.0 Å². The van der Waals surface area contributed by atoms with Crippen LogP contribution in [0.1, 0.15) is 15.9 Å². The van der Waals surface area contributed by atoms with E-state index in [1.165, 1.54) is 0 Å². The molecule has 5 nitrogen and oxygen atoms in total. The lowest BCUT2D eigenvalue weighted by molar-refractivity contribution is 0.0963. The van der Waals surface area contributed by atoms with Gasteiger partial charge in [0.25, 0.3) is 11.5 Å². The number of hydrogen-bond donors (Lipinski definition) is 1. The topological polar surface area (TPSA) is 64.0 Å². The first-order valence-electron chi connectivity index (χ1n) is 9.00. The Morgan fingerprint density at radius 3 is 2.61 bits per heavy atom. The van der Waals surface area contributed by atoms with E-state index in [1.54, 1.807) is 36.3 Å². The van der Waals surface area contributed by atoms with Gasteiger partial charge in [0.1, 0.15) is 0 Å². The molecule has 4 rings (SSSR count). The predicted molar refractivity (Wildman–Crippen MR) is 110 cm³/mol. The van der Waals surface area contributed by atoms with Crippen LogP contribution in [0.4, 0.5) is 0 Å². The summed E-state index contributed by atoms with van der Waals surface area (Å²) in [6.07, 6.45) is 5.31. The fourth-order valence-corrected chi connectivity index (χ4v) is 3.29. The minimum Gasteiger partial charge on any atom is -0.355 e. The average Bonchev–Trinajstić information content (AvgIpc) is 2.76. The first kappa shape index (κ1) is 17.7. The predicted octanol–water partition coefficient (Wildman–Crippen LogP) is 3.47. The van der Waals surface area contributed by atoms with Gasteiger partial charge in [0.05, 0.1) is 6.54 Å². The summed E-state index contributed by atoms with van der Waals surface area (Å²) in [6, 6.07) is 19.0. The lowest BCUT2D eigenvalue weighted by atomic mass is 10.0. The highest BCUT2D eigenvalue weighted by Gasteiger charge is 2.08. The number of carbonyl (C=O) groups excluding carboxylic acids is 1. The van der Waals surface area contributed by atoms with Crippen molar-refractivity contribution < 1.29 is 4.79 Å². The molecule has 2 heterocycles. The zero-order valence-corrected chi connectivity index (χ0v) is 15.4. The van der Waals surface area contributed by atoms with Crippen LogP contribution in [-0.2, 0) is 6.54 Å². The van der Waals surface area contributed by atoms with Crippen LogP contribution in [-0.4, -0.2) is 22.5 Å². The third-order valence-electron chi connectivity index (χ3n) is 4.76. The molecular weight excluding hydrogens is 350 g/mol. The molecule has 0 radical (unpaired) electrons. The quantitative estimate of drug-likeness (QED) is 0.599. The summed E-state index contributed by atoms with van der Waals surface area (Å²) in [7, 11) is 1.60. The summed E-state index contributed by atoms with van der Waals surface area (Å²) in [5.74, 6) is -0.142. The van der Waals surface area contributed by atoms with Gasteiger partial charge in [-0.1, -0.05) is 18.2 Å². The third kappa shape index (κ3) is 3.42. The lowest BCUT2D eigenvalue weighted by Gasteiger charge is -2.10. The van der Waals surface area contributed by atoms with Crippen molar-refractivity contribution in [1.82, 2.24) is 14.9 Å². The van der Waals surface area contributed by atoms with Gasteiger partial charge in [-0.25, -0.2) is 0 Å². The molecule has 0 aliphatic rings. The van der Waals surface area contributed by atoms with Crippen molar-refractivity contribution in [1.29, 1.82) is 0 Å². The largest absolute Gasteiger partial charge is 0.355 e. The van der Waals surface area contributed by atoms with E-state index in [2.05, 4.69) is 10.3 Å². The number of rotatable bonds is 4. The molecule has 0 aliphatic carbocycles. The molecule has 138 valence electrons. The van der Waals surface area contributed by atoms with Gasteiger partial charge in [-0.3, -0.25) is 14.6 Å². The number of fused-ring (bicyclic) bond motifs is 1. The summed E-state index contributed by atoms with van der Waals surface area (Å²) in [5.41, 5.74) is 3.54. The number of pyridine rings is 2. The second kappa shape index (κ2) is 7.48. The Morgan fingerprint density at radius 1 is 1.00 bits per heavy atom. The number of nitrogens with zero attached hydrogens (tertiary/aromatic N) is 2. The summed E-state index contributed by atoms with van der Waals surface area (Å²) in [5, 5.41) is 4.18. The van der Waals surface area contributed by atoms with Crippen LogP contribution in [0.5, 0.6) is 0 Å². The molecule has 5 heteroatoms. The Morgan fingerprint density at radius 2 is 1.82 bits per heavy atom. The molecular formula is C23H19N3O2. The van der Waals surface area contributed by atoms with E-state index in [1.807, 2.05) is 54.6 Å². The number of carbonyl (C=O) groups is 1. The summed E-state index contributed by atoms with van der Waals surface area (Å²) < 4.78 is 1.66. The molecule has 0 spiro atoms. The van der Waals surface area contributed by atoms with Gasteiger partial charge in [-0.2, -0.15) is 0 Å². The first-order chi connectivity index (χ1) is 13.7. The number of hydrogen-bond acceptors (Lipinski definition) is 3. The van der Waals surface area contributed by atoms with E-state index in [9.17, 15) is 9.59 Å². The van der Waals surface area contributed by atoms with Crippen LogP contribution < -0.4 is 10.9 Å². The van der Waals surface area contributed by atoms with Crippen molar-refractivity contribution in [2.24, 2.45) is 0 Å². The number of amides is 1. The molecule has 1 N–H and O–H groups in total. The average molecular weight is 369 g/mol. The van der Waals surface area contributed by atoms with Crippen molar-refractivity contribution in [2.75, 3.05) is 7.05 Å². The van der Waals surface area contributed by atoms with Gasteiger partial charge >= 0.3 is 0 Å². The van der Waals surface area contributed by atoms with Gasteiger partial charge in [0, 0.05) is 36.6 Å². The highest BCUT2D eigenvalue weighted by molar-refractivity contribution is 5.94. The van der Waals surface area contributed by atoms with E-state index >= 15 is 0 Å². The van der Waals surface area contributed by atoms with Crippen LogP contribution in [0, 0.1) is 0 Å². The minimum absolute atomic E-state index is 0.0517. The second-order valence-electron chi connectivity index (χ2n) is 6.57. The Balaban J connectivity index is 1.69. The highest BCUT2D eigenvalue weighted by atomic mass is 16.1. The van der Waals surface area contributed by atoms with Crippen molar-refractivity contribution >= 4 is 16.7 Å². The molecule has 0 aliphatic heterocycles. The van der Waals surface area contributed by atoms with Crippen LogP contribution >= 0.6 is 0 Å². The summed E-state index contributed by atoms with van der Waals surface area (Å²) >= 11 is 0. The fourth-order valence-electron chi connectivity index (χ4n) is 3.29. The SMILES string of the molecule is CNC(=O)c1cccc(Cn2ccc3cc(-c4ccncc4)ccc3c2=O)c1. The Labute approximate surface area is 162 Å². The normalized spacial score (nSPS) is 10.8. The van der Waals surface area contributed by atoms with E-state index in [0.29, 0.717) is 17.5 Å². The number of benzene rings is 2. The highest BCUT2D eigenvalue weighted by Crippen LogP contribution is 2.22. The van der Waals surface area contributed by atoms with Gasteiger partial charge in [-0.05, 0) is 64.5 Å². The van der Waals surface area contributed by atoms with E-state index < -0.39 is 0 Å². The van der Waals surface area contributed by atoms with Crippen LogP contribution in [0.25, 0.3) is 21.9 Å². The zero-order valence-electron chi connectivity index (χ0n) is 15.4. The molecule has 1 amide bonds. The molecule has 0 unspecified atom stereocenters. The summed E-state index contributed by atoms with van der Waals surface area (Å²) in [4.78, 5) is 28.8. The van der Waals surface area contributed by atoms with E-state index in [-0.39, 0.29) is 11.5 Å². The van der Waals surface area contributed by atoms with Crippen molar-refractivity contribution in [3.05, 3.63) is 101 Å². The van der Waals surface area contributed by atoms with Crippen LogP contribution in [0.2, 0.25) is 0 Å². The molecule has 0 saturated heterocycles. The molecule has 2 aromatic heterocycles. The Bertz CT molecular complexity index is 1210. The maximum Gasteiger partial charge on any atom is 0.258 e. The van der Waals surface area contributed by atoms with Crippen molar-refractivity contribution in [2.45, 2.75) is 6.54 Å². The van der Waals surface area contributed by atoms with Crippen molar-refractivity contribution in [3.63, 3.8) is 0 Å². The molecule has 0 saturated carbocycles. The molecule has 0 fully saturated rings. The first-order valence-corrected chi connectivity index (χ1v) is 9.00. The lowest BCUT2D eigenvalue weighted by Crippen LogP contribution is -2.21. The number of aromatic nitrogens is 2. The maximum atomic E-state index is 12.9. The van der Waals surface area contributed by atoms with Gasteiger partial charge in [0.2, 0.25) is 0 Å².